The quantitative estimate of drug-likeness (QED) is 0.0466. The van der Waals surface area contributed by atoms with Gasteiger partial charge in [0.05, 0.1) is 32.5 Å². The fourth-order valence-electron chi connectivity index (χ4n) is 6.40. The topological polar surface area (TPSA) is 290 Å². The number of nitrogens with zero attached hydrogens (tertiary/aromatic N) is 2. The number of aliphatic carboxylic acids is 1. The van der Waals surface area contributed by atoms with Crippen molar-refractivity contribution in [2.75, 3.05) is 39.3 Å². The van der Waals surface area contributed by atoms with Crippen LogP contribution in [0.4, 0.5) is 0 Å². The molecule has 0 unspecified atom stereocenters. The number of aromatic nitrogens is 2. The number of H-pyrrole nitrogens is 1. The van der Waals surface area contributed by atoms with Crippen LogP contribution in [0.25, 0.3) is 0 Å². The fourth-order valence-corrected chi connectivity index (χ4v) is 6.40. The van der Waals surface area contributed by atoms with Crippen molar-refractivity contribution in [3.63, 3.8) is 0 Å². The number of imidazole rings is 1. The molecular weight excluding hydrogens is 768 g/mol. The summed E-state index contributed by atoms with van der Waals surface area (Å²) in [6.07, 6.45) is 14.2. The number of aromatic amines is 1. The Labute approximate surface area is 345 Å². The summed E-state index contributed by atoms with van der Waals surface area (Å²) in [5, 5.41) is 26.1. The minimum Gasteiger partial charge on any atom is -0.480 e. The second-order valence-electron chi connectivity index (χ2n) is 15.1. The summed E-state index contributed by atoms with van der Waals surface area (Å²) < 4.78 is 0. The van der Waals surface area contributed by atoms with Crippen LogP contribution in [-0.4, -0.2) is 131 Å². The molecule has 1 aromatic rings. The number of likely N-dealkylation sites (tertiary alicyclic amines) is 1. The molecule has 2 rings (SSSR count). The van der Waals surface area contributed by atoms with Gasteiger partial charge in [0.25, 0.3) is 0 Å². The van der Waals surface area contributed by atoms with E-state index in [1.54, 1.807) is 0 Å². The van der Waals surface area contributed by atoms with Gasteiger partial charge in [-0.3, -0.25) is 43.2 Å². The molecule has 0 aromatic carbocycles. The van der Waals surface area contributed by atoms with E-state index in [4.69, 9.17) is 5.11 Å². The second-order valence-corrected chi connectivity index (χ2v) is 15.1. The molecule has 1 fully saturated rings. The standard InChI is InChI=1S/C39H64N10O10/c1-4-5-6-7-8-9-10-11-12-15-31(50)41-20-32(51)42-21-33(52)43-22-34(53)47-29(18-27-19-40-25-46-27)38(58)44-23-35(54)49-16-13-14-30(49)39(59)48-28(17-26(2)3)37(57)45-24-36(55)56/h19,25-26,28-30H,4-18,20-24H2,1-3H3,(H,40,46)(H,41,50)(H,42,51)(H,43,52)(H,44,58)(H,45,57)(H,47,53)(H,48,59)(H,55,56)/t28-,29-,30-/m0/s1. The summed E-state index contributed by atoms with van der Waals surface area (Å²) in [5.41, 5.74) is 0.489. The summed E-state index contributed by atoms with van der Waals surface area (Å²) in [5.74, 6) is -6.06. The predicted octanol–water partition coefficient (Wildman–Crippen LogP) is -0.455. The SMILES string of the molecule is CCCCCCCCCCCC(=O)NCC(=O)NCC(=O)NCC(=O)N[C@@H](Cc1cnc[nH]1)C(=O)NCC(=O)N1CCC[C@H]1C(=O)N[C@@H](CC(C)C)C(=O)NCC(=O)O. The molecule has 59 heavy (non-hydrogen) atoms. The van der Waals surface area contributed by atoms with Crippen molar-refractivity contribution >= 4 is 53.2 Å². The zero-order chi connectivity index (χ0) is 43.6. The Bertz CT molecular complexity index is 1540. The van der Waals surface area contributed by atoms with E-state index < -0.39 is 91.6 Å². The van der Waals surface area contributed by atoms with Crippen LogP contribution in [0.3, 0.4) is 0 Å². The van der Waals surface area contributed by atoms with E-state index in [1.165, 1.54) is 49.5 Å². The molecule has 9 N–H and O–H groups in total. The van der Waals surface area contributed by atoms with Crippen LogP contribution < -0.4 is 37.2 Å². The molecule has 0 bridgehead atoms. The highest BCUT2D eigenvalue weighted by atomic mass is 16.4. The van der Waals surface area contributed by atoms with E-state index in [0.717, 1.165) is 25.7 Å². The van der Waals surface area contributed by atoms with Gasteiger partial charge in [-0.25, -0.2) is 4.98 Å². The van der Waals surface area contributed by atoms with E-state index in [-0.39, 0.29) is 37.8 Å². The number of carboxylic acid groups (broad SMARTS) is 1. The Morgan fingerprint density at radius 2 is 1.31 bits per heavy atom. The predicted molar refractivity (Wildman–Crippen MR) is 215 cm³/mol. The van der Waals surface area contributed by atoms with Gasteiger partial charge in [0.15, 0.2) is 0 Å². The van der Waals surface area contributed by atoms with Gasteiger partial charge >= 0.3 is 5.97 Å². The van der Waals surface area contributed by atoms with Gasteiger partial charge in [-0.05, 0) is 31.6 Å². The summed E-state index contributed by atoms with van der Waals surface area (Å²) in [6.45, 7) is 3.67. The summed E-state index contributed by atoms with van der Waals surface area (Å²) >= 11 is 0. The molecular formula is C39H64N10O10. The largest absolute Gasteiger partial charge is 0.480 e. The summed E-state index contributed by atoms with van der Waals surface area (Å²) in [7, 11) is 0. The van der Waals surface area contributed by atoms with Crippen LogP contribution in [-0.2, 0) is 49.6 Å². The van der Waals surface area contributed by atoms with Gasteiger partial charge in [-0.1, -0.05) is 72.1 Å². The first-order chi connectivity index (χ1) is 28.2. The lowest BCUT2D eigenvalue weighted by molar-refractivity contribution is -0.140. The number of hydrogen-bond acceptors (Lipinski definition) is 10. The minimum absolute atomic E-state index is 0.0167. The average Bonchev–Trinajstić information content (AvgIpc) is 3.91. The van der Waals surface area contributed by atoms with Gasteiger partial charge in [0.2, 0.25) is 47.3 Å². The monoisotopic (exact) mass is 832 g/mol. The molecule has 3 atom stereocenters. The molecule has 0 radical (unpaired) electrons. The number of hydrogen-bond donors (Lipinski definition) is 9. The van der Waals surface area contributed by atoms with Crippen LogP contribution in [0, 0.1) is 5.92 Å². The lowest BCUT2D eigenvalue weighted by atomic mass is 10.0. The maximum atomic E-state index is 13.3. The highest BCUT2D eigenvalue weighted by Crippen LogP contribution is 2.18. The number of unbranched alkanes of at least 4 members (excludes halogenated alkanes) is 8. The fraction of sp³-hybridized carbons (Fsp3) is 0.692. The van der Waals surface area contributed by atoms with Crippen molar-refractivity contribution in [2.45, 2.75) is 129 Å². The van der Waals surface area contributed by atoms with Gasteiger partial charge < -0.3 is 52.2 Å². The van der Waals surface area contributed by atoms with Crippen molar-refractivity contribution in [2.24, 2.45) is 5.92 Å². The molecule has 330 valence electrons. The van der Waals surface area contributed by atoms with Crippen LogP contribution in [0.5, 0.6) is 0 Å². The van der Waals surface area contributed by atoms with Crippen LogP contribution in [0.1, 0.15) is 110 Å². The lowest BCUT2D eigenvalue weighted by Gasteiger charge is -2.27. The molecule has 20 nitrogen and oxygen atoms in total. The molecule has 1 saturated heterocycles. The first-order valence-electron chi connectivity index (χ1n) is 20.6. The summed E-state index contributed by atoms with van der Waals surface area (Å²) in [4.78, 5) is 121. The van der Waals surface area contributed by atoms with Gasteiger partial charge in [-0.2, -0.15) is 0 Å². The van der Waals surface area contributed by atoms with Gasteiger partial charge in [0.1, 0.15) is 24.7 Å². The molecule has 1 aliphatic heterocycles. The van der Waals surface area contributed by atoms with Crippen molar-refractivity contribution in [3.05, 3.63) is 18.2 Å². The molecule has 8 amide bonds. The first-order valence-corrected chi connectivity index (χ1v) is 20.6. The van der Waals surface area contributed by atoms with E-state index >= 15 is 0 Å². The third-order valence-corrected chi connectivity index (χ3v) is 9.52. The number of carbonyl (C=O) groups is 9. The van der Waals surface area contributed by atoms with Crippen molar-refractivity contribution in [1.82, 2.24) is 52.1 Å². The third kappa shape index (κ3) is 21.1. The zero-order valence-electron chi connectivity index (χ0n) is 34.6. The third-order valence-electron chi connectivity index (χ3n) is 9.52. The number of rotatable bonds is 29. The van der Waals surface area contributed by atoms with Gasteiger partial charge in [0, 0.05) is 31.3 Å². The second kappa shape index (κ2) is 28.0. The smallest absolute Gasteiger partial charge is 0.322 e. The first kappa shape index (κ1) is 49.6. The van der Waals surface area contributed by atoms with E-state index in [2.05, 4.69) is 54.1 Å². The normalized spacial score (nSPS) is 14.4. The lowest BCUT2D eigenvalue weighted by Crippen LogP contribution is -2.55. The maximum absolute atomic E-state index is 13.3. The Kier molecular flexibility index (Phi) is 23.5. The molecule has 1 aromatic heterocycles. The Morgan fingerprint density at radius 1 is 0.729 bits per heavy atom. The average molecular weight is 833 g/mol. The summed E-state index contributed by atoms with van der Waals surface area (Å²) in [6, 6.07) is -3.15. The van der Waals surface area contributed by atoms with E-state index in [9.17, 15) is 43.2 Å². The Balaban J connectivity index is 1.80. The number of nitrogens with one attached hydrogen (secondary N) is 8. The van der Waals surface area contributed by atoms with Crippen LogP contribution in [0.2, 0.25) is 0 Å². The van der Waals surface area contributed by atoms with E-state index in [0.29, 0.717) is 25.0 Å². The van der Waals surface area contributed by atoms with E-state index in [1.807, 2.05) is 13.8 Å². The molecule has 0 spiro atoms. The number of carboxylic acids is 1. The van der Waals surface area contributed by atoms with Crippen molar-refractivity contribution in [3.8, 4) is 0 Å². The van der Waals surface area contributed by atoms with Crippen LogP contribution >= 0.6 is 0 Å². The highest BCUT2D eigenvalue weighted by Gasteiger charge is 2.36. The van der Waals surface area contributed by atoms with Crippen LogP contribution in [0.15, 0.2) is 12.5 Å². The van der Waals surface area contributed by atoms with Crippen molar-refractivity contribution < 1.29 is 48.3 Å². The maximum Gasteiger partial charge on any atom is 0.322 e. The Morgan fingerprint density at radius 3 is 1.90 bits per heavy atom. The zero-order valence-corrected chi connectivity index (χ0v) is 34.6. The molecule has 2 heterocycles. The molecule has 1 aliphatic rings. The minimum atomic E-state index is -1.24. The number of amides is 8. The molecule has 20 heteroatoms. The van der Waals surface area contributed by atoms with Crippen molar-refractivity contribution in [1.29, 1.82) is 0 Å². The molecule has 0 aliphatic carbocycles. The number of carbonyl (C=O) groups excluding carboxylic acids is 8. The molecule has 0 saturated carbocycles. The van der Waals surface area contributed by atoms with Gasteiger partial charge in [-0.15, -0.1) is 0 Å². The Hall–Kier alpha value is -5.56. The highest BCUT2D eigenvalue weighted by molar-refractivity contribution is 5.95.